The molecule has 2 aliphatic rings. The Bertz CT molecular complexity index is 986. The molecule has 1 heterocycles. The second-order valence-corrected chi connectivity index (χ2v) is 9.97. The summed E-state index contributed by atoms with van der Waals surface area (Å²) in [6.07, 6.45) is 1.93. The predicted molar refractivity (Wildman–Crippen MR) is 104 cm³/mol. The topological polar surface area (TPSA) is 46.9 Å². The molecule has 6 heteroatoms. The van der Waals surface area contributed by atoms with Gasteiger partial charge < -0.3 is 5.32 Å². The summed E-state index contributed by atoms with van der Waals surface area (Å²) >= 11 is 0. The molecule has 0 spiro atoms. The van der Waals surface area contributed by atoms with Crippen molar-refractivity contribution >= 4 is 5.91 Å². The van der Waals surface area contributed by atoms with Crippen LogP contribution in [0.25, 0.3) is 5.69 Å². The number of hydrogen-bond donors (Lipinski definition) is 1. The minimum Gasteiger partial charge on any atom is -0.346 e. The molecular formula is C22H27F2N3O. The van der Waals surface area contributed by atoms with Gasteiger partial charge in [0.15, 0.2) is 11.5 Å². The fourth-order valence-corrected chi connectivity index (χ4v) is 5.12. The first-order chi connectivity index (χ1) is 12.9. The van der Waals surface area contributed by atoms with E-state index in [1.165, 1.54) is 12.1 Å². The van der Waals surface area contributed by atoms with Gasteiger partial charge in [0.1, 0.15) is 11.5 Å². The fourth-order valence-electron chi connectivity index (χ4n) is 5.12. The van der Waals surface area contributed by atoms with E-state index in [2.05, 4.69) is 31.2 Å². The smallest absolute Gasteiger partial charge is 0.272 e. The van der Waals surface area contributed by atoms with Crippen molar-refractivity contribution < 1.29 is 13.6 Å². The summed E-state index contributed by atoms with van der Waals surface area (Å²) in [7, 11) is 0. The predicted octanol–water partition coefficient (Wildman–Crippen LogP) is 4.85. The van der Waals surface area contributed by atoms with Crippen LogP contribution in [0.1, 0.15) is 82.0 Å². The summed E-state index contributed by atoms with van der Waals surface area (Å²) in [4.78, 5) is 13.1. The molecule has 150 valence electrons. The number of aromatic nitrogens is 2. The van der Waals surface area contributed by atoms with Crippen LogP contribution >= 0.6 is 0 Å². The highest BCUT2D eigenvalue weighted by Crippen LogP contribution is 2.68. The van der Waals surface area contributed by atoms with E-state index in [0.29, 0.717) is 5.69 Å². The number of nitrogens with one attached hydrogen (secondary N) is 1. The van der Waals surface area contributed by atoms with Crippen molar-refractivity contribution in [2.24, 2.45) is 5.41 Å². The van der Waals surface area contributed by atoms with E-state index in [9.17, 15) is 13.6 Å². The summed E-state index contributed by atoms with van der Waals surface area (Å²) in [5.41, 5.74) is 1.62. The maximum atomic E-state index is 14.6. The third-order valence-electron chi connectivity index (χ3n) is 6.86. The molecule has 1 N–H and O–H groups in total. The molecule has 2 aliphatic carbocycles. The maximum absolute atomic E-state index is 14.6. The van der Waals surface area contributed by atoms with Gasteiger partial charge >= 0.3 is 0 Å². The van der Waals surface area contributed by atoms with Crippen molar-refractivity contribution in [3.05, 3.63) is 46.8 Å². The Morgan fingerprint density at radius 2 is 1.93 bits per heavy atom. The number of hydrogen-bond acceptors (Lipinski definition) is 2. The summed E-state index contributed by atoms with van der Waals surface area (Å²) in [5, 5.41) is 7.55. The van der Waals surface area contributed by atoms with Crippen molar-refractivity contribution in [1.82, 2.24) is 15.1 Å². The van der Waals surface area contributed by atoms with Crippen molar-refractivity contribution in [3.8, 4) is 5.69 Å². The Balaban J connectivity index is 1.97. The molecule has 1 fully saturated rings. The highest BCUT2D eigenvalue weighted by molar-refractivity contribution is 5.95. The lowest BCUT2D eigenvalue weighted by molar-refractivity contribution is 0.0911. The number of nitrogens with zero attached hydrogens (tertiary/aromatic N) is 2. The van der Waals surface area contributed by atoms with Gasteiger partial charge in [-0.05, 0) is 57.1 Å². The minimum atomic E-state index is -0.683. The Morgan fingerprint density at radius 3 is 2.54 bits per heavy atom. The van der Waals surface area contributed by atoms with Crippen LogP contribution < -0.4 is 5.32 Å². The lowest BCUT2D eigenvalue weighted by Gasteiger charge is -2.35. The van der Waals surface area contributed by atoms with E-state index in [0.717, 1.165) is 30.2 Å². The quantitative estimate of drug-likeness (QED) is 0.800. The molecule has 1 aromatic heterocycles. The van der Waals surface area contributed by atoms with Crippen molar-refractivity contribution in [2.75, 3.05) is 0 Å². The first kappa shape index (κ1) is 19.1. The van der Waals surface area contributed by atoms with E-state index in [-0.39, 0.29) is 28.3 Å². The third kappa shape index (κ3) is 2.46. The van der Waals surface area contributed by atoms with Crippen LogP contribution in [-0.4, -0.2) is 21.2 Å². The number of carbonyl (C=O) groups excluding carboxylic acids is 1. The molecule has 0 aliphatic heterocycles. The third-order valence-corrected chi connectivity index (χ3v) is 6.86. The lowest BCUT2D eigenvalue weighted by Crippen LogP contribution is -2.41. The maximum Gasteiger partial charge on any atom is 0.272 e. The highest BCUT2D eigenvalue weighted by Gasteiger charge is 2.63. The largest absolute Gasteiger partial charge is 0.346 e. The Labute approximate surface area is 164 Å². The zero-order chi connectivity index (χ0) is 20.6. The number of fused-ring (bicyclic) bond motifs is 5. The Morgan fingerprint density at radius 1 is 1.25 bits per heavy atom. The van der Waals surface area contributed by atoms with Gasteiger partial charge in [-0.3, -0.25) is 4.79 Å². The van der Waals surface area contributed by atoms with Crippen molar-refractivity contribution in [1.29, 1.82) is 0 Å². The molecule has 1 amide bonds. The van der Waals surface area contributed by atoms with Gasteiger partial charge in [0.05, 0.1) is 5.69 Å². The molecule has 2 atom stereocenters. The molecule has 0 unspecified atom stereocenters. The number of halogens is 2. The molecule has 1 aromatic carbocycles. The highest BCUT2D eigenvalue weighted by atomic mass is 19.1. The summed E-state index contributed by atoms with van der Waals surface area (Å²) in [6.45, 7) is 12.3. The first-order valence-corrected chi connectivity index (χ1v) is 9.78. The second-order valence-electron chi connectivity index (χ2n) is 9.97. The van der Waals surface area contributed by atoms with E-state index >= 15 is 0 Å². The van der Waals surface area contributed by atoms with Crippen LogP contribution in [0.3, 0.4) is 0 Å². The molecule has 1 saturated carbocycles. The standard InChI is InChI=1S/C22H27F2N3O/c1-20(2,3)25-19(28)17-16-13-9-10-22(6,21(13,4)5)18(16)27(26-17)15-8-7-12(23)11-14(15)24/h7-8,11,13H,9-10H2,1-6H3,(H,25,28)/t13-,22+/m1/s1. The van der Waals surface area contributed by atoms with Gasteiger partial charge in [-0.15, -0.1) is 0 Å². The first-order valence-electron chi connectivity index (χ1n) is 9.78. The van der Waals surface area contributed by atoms with Gasteiger partial charge in [0.2, 0.25) is 0 Å². The second kappa shape index (κ2) is 5.65. The molecule has 2 aromatic rings. The molecule has 0 radical (unpaired) electrons. The van der Waals surface area contributed by atoms with Gasteiger partial charge in [-0.25, -0.2) is 13.5 Å². The minimum absolute atomic E-state index is 0.0738. The van der Waals surface area contributed by atoms with E-state index < -0.39 is 17.2 Å². The Hall–Kier alpha value is -2.24. The number of carbonyl (C=O) groups is 1. The van der Waals surface area contributed by atoms with Crippen LogP contribution in [0, 0.1) is 17.0 Å². The SMILES string of the molecule is CC(C)(C)NC(=O)c1nn(-c2ccc(F)cc2F)c2c1[C@H]1CC[C@]2(C)C1(C)C. The molecule has 28 heavy (non-hydrogen) atoms. The van der Waals surface area contributed by atoms with E-state index in [1.54, 1.807) is 4.68 Å². The number of rotatable bonds is 2. The normalized spacial score (nSPS) is 25.1. The van der Waals surface area contributed by atoms with Crippen molar-refractivity contribution in [2.45, 2.75) is 71.3 Å². The van der Waals surface area contributed by atoms with Crippen LogP contribution in [0.2, 0.25) is 0 Å². The summed E-state index contributed by atoms with van der Waals surface area (Å²) < 4.78 is 29.7. The summed E-state index contributed by atoms with van der Waals surface area (Å²) in [5.74, 6) is -1.39. The average molecular weight is 387 g/mol. The Kier molecular flexibility index (Phi) is 3.85. The van der Waals surface area contributed by atoms with Crippen molar-refractivity contribution in [3.63, 3.8) is 0 Å². The van der Waals surface area contributed by atoms with E-state index in [4.69, 9.17) is 0 Å². The van der Waals surface area contributed by atoms with Crippen LogP contribution in [-0.2, 0) is 5.41 Å². The summed E-state index contributed by atoms with van der Waals surface area (Å²) in [6, 6.07) is 3.48. The lowest BCUT2D eigenvalue weighted by atomic mass is 9.70. The van der Waals surface area contributed by atoms with Gasteiger partial charge in [-0.2, -0.15) is 5.10 Å². The van der Waals surface area contributed by atoms with Crippen LogP contribution in [0.15, 0.2) is 18.2 Å². The monoisotopic (exact) mass is 387 g/mol. The molecule has 2 bridgehead atoms. The van der Waals surface area contributed by atoms with Gasteiger partial charge in [-0.1, -0.05) is 20.8 Å². The zero-order valence-corrected chi connectivity index (χ0v) is 17.3. The molecule has 4 nitrogen and oxygen atoms in total. The number of benzene rings is 1. The molecule has 0 saturated heterocycles. The van der Waals surface area contributed by atoms with E-state index in [1.807, 2.05) is 20.8 Å². The fraction of sp³-hybridized carbons (Fsp3) is 0.545. The van der Waals surface area contributed by atoms with Gasteiger partial charge in [0, 0.05) is 22.6 Å². The molecule has 4 rings (SSSR count). The average Bonchev–Trinajstić information content (AvgIpc) is 3.09. The zero-order valence-electron chi connectivity index (χ0n) is 17.3. The van der Waals surface area contributed by atoms with Crippen LogP contribution in [0.4, 0.5) is 8.78 Å². The van der Waals surface area contributed by atoms with Gasteiger partial charge in [0.25, 0.3) is 5.91 Å². The van der Waals surface area contributed by atoms with Crippen LogP contribution in [0.5, 0.6) is 0 Å². The molecular weight excluding hydrogens is 360 g/mol. The number of amides is 1.